The summed E-state index contributed by atoms with van der Waals surface area (Å²) in [5.41, 5.74) is 1.25. The van der Waals surface area contributed by atoms with Crippen LogP contribution in [0.1, 0.15) is 51.0 Å². The summed E-state index contributed by atoms with van der Waals surface area (Å²) in [6, 6.07) is 10.2. The number of unbranched alkanes of at least 4 members (excludes halogenated alkanes) is 2. The Labute approximate surface area is 138 Å². The third kappa shape index (κ3) is 7.93. The van der Waals surface area contributed by atoms with Gasteiger partial charge in [-0.3, -0.25) is 9.59 Å². The summed E-state index contributed by atoms with van der Waals surface area (Å²) in [5.74, 6) is -0.706. The highest BCUT2D eigenvalue weighted by atomic mass is 16.5. The van der Waals surface area contributed by atoms with Gasteiger partial charge in [0.25, 0.3) is 0 Å². The molecule has 0 saturated heterocycles. The van der Waals surface area contributed by atoms with E-state index in [2.05, 4.69) is 12.1 Å². The number of rotatable bonds is 12. The van der Waals surface area contributed by atoms with Crippen molar-refractivity contribution in [1.29, 1.82) is 0 Å². The van der Waals surface area contributed by atoms with Crippen LogP contribution in [-0.4, -0.2) is 30.1 Å². The van der Waals surface area contributed by atoms with Gasteiger partial charge < -0.3 is 9.84 Å². The zero-order chi connectivity index (χ0) is 17.1. The summed E-state index contributed by atoms with van der Waals surface area (Å²) < 4.78 is 5.58. The predicted octanol–water partition coefficient (Wildman–Crippen LogP) is 3.87. The first-order chi connectivity index (χ1) is 11.0. The fraction of sp³-hybridized carbons (Fsp3) is 0.579. The Hall–Kier alpha value is -1.68. The number of methoxy groups -OCH3 is 1. The number of hydrogen-bond acceptors (Lipinski definition) is 3. The molecule has 23 heavy (non-hydrogen) atoms. The molecule has 2 atom stereocenters. The molecule has 0 aliphatic rings. The first-order valence-electron chi connectivity index (χ1n) is 8.33. The summed E-state index contributed by atoms with van der Waals surface area (Å²) >= 11 is 0. The Morgan fingerprint density at radius 2 is 1.78 bits per heavy atom. The van der Waals surface area contributed by atoms with Gasteiger partial charge in [-0.15, -0.1) is 0 Å². The highest BCUT2D eigenvalue weighted by Gasteiger charge is 2.24. The molecule has 0 saturated carbocycles. The molecule has 0 bridgehead atoms. The van der Waals surface area contributed by atoms with E-state index in [0.29, 0.717) is 6.42 Å². The number of carbonyl (C=O) groups excluding carboxylic acids is 1. The molecule has 0 spiro atoms. The maximum Gasteiger partial charge on any atom is 0.303 e. The van der Waals surface area contributed by atoms with Crippen molar-refractivity contribution in [3.8, 4) is 0 Å². The lowest BCUT2D eigenvalue weighted by atomic mass is 9.88. The number of hydrogen-bond donors (Lipinski definition) is 1. The number of Topliss-reactive ketones (excluding diaryl/α,β-unsaturated/α-hetero) is 1. The SMILES string of the molecule is COC(CCc1ccccc1)C(CCCCCC(=O)O)C(C)=O. The Kier molecular flexibility index (Phi) is 9.22. The Morgan fingerprint density at radius 1 is 1.09 bits per heavy atom. The number of aryl methyl sites for hydroxylation is 1. The van der Waals surface area contributed by atoms with Crippen LogP contribution >= 0.6 is 0 Å². The average Bonchev–Trinajstić information content (AvgIpc) is 2.53. The van der Waals surface area contributed by atoms with Crippen LogP contribution in [0.25, 0.3) is 0 Å². The molecule has 0 fully saturated rings. The molecule has 4 nitrogen and oxygen atoms in total. The van der Waals surface area contributed by atoms with Gasteiger partial charge in [-0.2, -0.15) is 0 Å². The number of aliphatic carboxylic acids is 1. The molecule has 128 valence electrons. The van der Waals surface area contributed by atoms with Crippen molar-refractivity contribution < 1.29 is 19.4 Å². The van der Waals surface area contributed by atoms with E-state index in [1.54, 1.807) is 14.0 Å². The van der Waals surface area contributed by atoms with E-state index in [-0.39, 0.29) is 24.2 Å². The van der Waals surface area contributed by atoms with E-state index >= 15 is 0 Å². The topological polar surface area (TPSA) is 63.6 Å². The van der Waals surface area contributed by atoms with Gasteiger partial charge in [0.15, 0.2) is 0 Å². The first kappa shape index (κ1) is 19.4. The maximum absolute atomic E-state index is 12.0. The van der Waals surface area contributed by atoms with Gasteiger partial charge in [0.1, 0.15) is 5.78 Å². The lowest BCUT2D eigenvalue weighted by molar-refractivity contribution is -0.137. The molecule has 4 heteroatoms. The maximum atomic E-state index is 12.0. The van der Waals surface area contributed by atoms with Crippen molar-refractivity contribution in [2.75, 3.05) is 7.11 Å². The van der Waals surface area contributed by atoms with E-state index in [9.17, 15) is 9.59 Å². The molecule has 2 unspecified atom stereocenters. The van der Waals surface area contributed by atoms with Crippen molar-refractivity contribution in [3.63, 3.8) is 0 Å². The van der Waals surface area contributed by atoms with E-state index < -0.39 is 5.97 Å². The second kappa shape index (κ2) is 10.9. The van der Waals surface area contributed by atoms with Crippen LogP contribution in [0.15, 0.2) is 30.3 Å². The lowest BCUT2D eigenvalue weighted by Crippen LogP contribution is -2.29. The highest BCUT2D eigenvalue weighted by molar-refractivity contribution is 5.78. The molecule has 1 rings (SSSR count). The van der Waals surface area contributed by atoms with Gasteiger partial charge in [0.05, 0.1) is 6.10 Å². The van der Waals surface area contributed by atoms with E-state index in [4.69, 9.17) is 9.84 Å². The van der Waals surface area contributed by atoms with Gasteiger partial charge in [0, 0.05) is 19.4 Å². The molecule has 0 aromatic heterocycles. The monoisotopic (exact) mass is 320 g/mol. The van der Waals surface area contributed by atoms with Gasteiger partial charge in [0.2, 0.25) is 0 Å². The van der Waals surface area contributed by atoms with E-state index in [0.717, 1.165) is 32.1 Å². The predicted molar refractivity (Wildman–Crippen MR) is 90.5 cm³/mol. The average molecular weight is 320 g/mol. The molecule has 0 amide bonds. The zero-order valence-electron chi connectivity index (χ0n) is 14.2. The third-order valence-electron chi connectivity index (χ3n) is 4.24. The Morgan fingerprint density at radius 3 is 2.35 bits per heavy atom. The second-order valence-electron chi connectivity index (χ2n) is 6.01. The molecule has 1 aromatic rings. The smallest absolute Gasteiger partial charge is 0.303 e. The fourth-order valence-corrected chi connectivity index (χ4v) is 2.91. The van der Waals surface area contributed by atoms with Crippen molar-refractivity contribution >= 4 is 11.8 Å². The molecule has 1 aromatic carbocycles. The Bertz CT molecular complexity index is 470. The number of carboxylic acids is 1. The van der Waals surface area contributed by atoms with Crippen LogP contribution in [0.3, 0.4) is 0 Å². The summed E-state index contributed by atoms with van der Waals surface area (Å²) in [5, 5.41) is 8.64. The fourth-order valence-electron chi connectivity index (χ4n) is 2.91. The minimum atomic E-state index is -0.759. The summed E-state index contributed by atoms with van der Waals surface area (Å²) in [4.78, 5) is 22.5. The molecule has 1 N–H and O–H groups in total. The molecule has 0 aliphatic carbocycles. The number of ether oxygens (including phenoxy) is 1. The van der Waals surface area contributed by atoms with Crippen LogP contribution in [0.5, 0.6) is 0 Å². The van der Waals surface area contributed by atoms with Crippen LogP contribution in [0.2, 0.25) is 0 Å². The van der Waals surface area contributed by atoms with Crippen LogP contribution < -0.4 is 0 Å². The zero-order valence-corrected chi connectivity index (χ0v) is 14.2. The molecular weight excluding hydrogens is 292 g/mol. The van der Waals surface area contributed by atoms with Gasteiger partial charge in [-0.05, 0) is 38.2 Å². The minimum absolute atomic E-state index is 0.0767. The van der Waals surface area contributed by atoms with Crippen molar-refractivity contribution in [3.05, 3.63) is 35.9 Å². The van der Waals surface area contributed by atoms with Gasteiger partial charge >= 0.3 is 5.97 Å². The summed E-state index contributed by atoms with van der Waals surface area (Å²) in [7, 11) is 1.66. The summed E-state index contributed by atoms with van der Waals surface area (Å²) in [6.07, 6.45) is 4.97. The van der Waals surface area contributed by atoms with Crippen molar-refractivity contribution in [1.82, 2.24) is 0 Å². The van der Waals surface area contributed by atoms with E-state index in [1.165, 1.54) is 5.56 Å². The quantitative estimate of drug-likeness (QED) is 0.594. The summed E-state index contributed by atoms with van der Waals surface area (Å²) in [6.45, 7) is 1.62. The normalized spacial score (nSPS) is 13.5. The van der Waals surface area contributed by atoms with Gasteiger partial charge in [-0.1, -0.05) is 43.2 Å². The molecule has 0 aliphatic heterocycles. The third-order valence-corrected chi connectivity index (χ3v) is 4.24. The molecule has 0 radical (unpaired) electrons. The standard InChI is InChI=1S/C19H28O4/c1-15(20)17(11-7-4-8-12-19(21)22)18(23-2)14-13-16-9-5-3-6-10-16/h3,5-6,9-10,17-18H,4,7-8,11-14H2,1-2H3,(H,21,22). The minimum Gasteiger partial charge on any atom is -0.481 e. The first-order valence-corrected chi connectivity index (χ1v) is 8.33. The van der Waals surface area contributed by atoms with Crippen LogP contribution in [0, 0.1) is 5.92 Å². The number of ketones is 1. The largest absolute Gasteiger partial charge is 0.481 e. The number of carboxylic acid groups (broad SMARTS) is 1. The lowest BCUT2D eigenvalue weighted by Gasteiger charge is -2.24. The molecular formula is C19H28O4. The number of benzene rings is 1. The van der Waals surface area contributed by atoms with E-state index in [1.807, 2.05) is 18.2 Å². The van der Waals surface area contributed by atoms with Crippen molar-refractivity contribution in [2.24, 2.45) is 5.92 Å². The highest BCUT2D eigenvalue weighted by Crippen LogP contribution is 2.22. The van der Waals surface area contributed by atoms with Crippen molar-refractivity contribution in [2.45, 2.75) is 58.0 Å². The van der Waals surface area contributed by atoms with Gasteiger partial charge in [-0.25, -0.2) is 0 Å². The van der Waals surface area contributed by atoms with Crippen LogP contribution in [-0.2, 0) is 20.7 Å². The number of carbonyl (C=O) groups is 2. The second-order valence-corrected chi connectivity index (χ2v) is 6.01. The van der Waals surface area contributed by atoms with Crippen LogP contribution in [0.4, 0.5) is 0 Å². The molecule has 0 heterocycles. The Balaban J connectivity index is 2.45.